The van der Waals surface area contributed by atoms with Crippen molar-refractivity contribution in [1.82, 2.24) is 19.9 Å². The van der Waals surface area contributed by atoms with Gasteiger partial charge < -0.3 is 14.2 Å². The minimum atomic E-state index is -4.44. The average Bonchev–Trinajstić information content (AvgIpc) is 3.28. The minimum Gasteiger partial charge on any atom is -0.497 e. The van der Waals surface area contributed by atoms with Gasteiger partial charge in [0.15, 0.2) is 5.82 Å². The smallest absolute Gasteiger partial charge is 0.416 e. The van der Waals surface area contributed by atoms with E-state index in [2.05, 4.69) is 15.0 Å². The van der Waals surface area contributed by atoms with Crippen molar-refractivity contribution in [2.45, 2.75) is 19.1 Å². The van der Waals surface area contributed by atoms with Crippen molar-refractivity contribution in [3.63, 3.8) is 0 Å². The number of nitrogens with zero attached hydrogens (tertiary/aromatic N) is 4. The lowest BCUT2D eigenvalue weighted by Crippen LogP contribution is -2.48. The Morgan fingerprint density at radius 2 is 1.82 bits per heavy atom. The molecule has 0 aliphatic carbocycles. The molecule has 1 fully saturated rings. The summed E-state index contributed by atoms with van der Waals surface area (Å²) >= 11 is 0. The zero-order valence-corrected chi connectivity index (χ0v) is 18.0. The first-order valence-corrected chi connectivity index (χ1v) is 10.4. The molecule has 33 heavy (non-hydrogen) atoms. The number of carbonyl (C=O) groups is 1. The Hall–Kier alpha value is -3.40. The second kappa shape index (κ2) is 9.62. The third-order valence-electron chi connectivity index (χ3n) is 5.51. The zero-order chi connectivity index (χ0) is 23.4. The number of benzene rings is 2. The molecule has 1 aliphatic heterocycles. The highest BCUT2D eigenvalue weighted by Gasteiger charge is 2.31. The maximum Gasteiger partial charge on any atom is 0.416 e. The Balaban J connectivity index is 1.30. The molecule has 0 saturated carbocycles. The van der Waals surface area contributed by atoms with E-state index in [-0.39, 0.29) is 17.4 Å². The molecule has 174 valence electrons. The molecule has 3 aromatic rings. The van der Waals surface area contributed by atoms with E-state index in [4.69, 9.17) is 9.26 Å². The maximum absolute atomic E-state index is 12.9. The van der Waals surface area contributed by atoms with Gasteiger partial charge in [-0.15, -0.1) is 0 Å². The number of methoxy groups -OCH3 is 1. The zero-order valence-electron chi connectivity index (χ0n) is 18.0. The SMILES string of the molecule is COc1ccc(CC(=O)N2CCN(Cc3noc(-c4cccc(C(F)(F)F)c4)n3)CC2)cc1. The van der Waals surface area contributed by atoms with E-state index in [0.29, 0.717) is 45.0 Å². The Labute approximate surface area is 188 Å². The third-order valence-corrected chi connectivity index (χ3v) is 5.51. The summed E-state index contributed by atoms with van der Waals surface area (Å²) in [6.45, 7) is 2.83. The Bertz CT molecular complexity index is 1090. The monoisotopic (exact) mass is 460 g/mol. The molecule has 0 atom stereocenters. The molecule has 1 amide bonds. The summed E-state index contributed by atoms with van der Waals surface area (Å²) in [5.41, 5.74) is 0.379. The van der Waals surface area contributed by atoms with Crippen LogP contribution < -0.4 is 4.74 Å². The van der Waals surface area contributed by atoms with Gasteiger partial charge in [0.2, 0.25) is 5.91 Å². The number of ether oxygens (including phenoxy) is 1. The van der Waals surface area contributed by atoms with Gasteiger partial charge in [-0.25, -0.2) is 0 Å². The van der Waals surface area contributed by atoms with Crippen LogP contribution in [0.1, 0.15) is 17.0 Å². The molecule has 0 bridgehead atoms. The summed E-state index contributed by atoms with van der Waals surface area (Å²) < 4.78 is 49.1. The molecule has 4 rings (SSSR count). The predicted octanol–water partition coefficient (Wildman–Crippen LogP) is 3.65. The van der Waals surface area contributed by atoms with Crippen molar-refractivity contribution in [3.8, 4) is 17.2 Å². The van der Waals surface area contributed by atoms with Crippen LogP contribution in [0.2, 0.25) is 0 Å². The second-order valence-electron chi connectivity index (χ2n) is 7.78. The number of carbonyl (C=O) groups excluding carboxylic acids is 1. The molecule has 0 unspecified atom stereocenters. The molecule has 0 radical (unpaired) electrons. The number of halogens is 3. The fourth-order valence-corrected chi connectivity index (χ4v) is 3.65. The third kappa shape index (κ3) is 5.70. The van der Waals surface area contributed by atoms with Crippen LogP contribution >= 0.6 is 0 Å². The van der Waals surface area contributed by atoms with Gasteiger partial charge in [-0.05, 0) is 35.9 Å². The predicted molar refractivity (Wildman–Crippen MR) is 113 cm³/mol. The van der Waals surface area contributed by atoms with Gasteiger partial charge in [0.25, 0.3) is 5.89 Å². The quantitative estimate of drug-likeness (QED) is 0.559. The molecular weight excluding hydrogens is 437 g/mol. The molecule has 0 N–H and O–H groups in total. The molecule has 1 saturated heterocycles. The van der Waals surface area contributed by atoms with Crippen LogP contribution in [0.3, 0.4) is 0 Å². The van der Waals surface area contributed by atoms with Gasteiger partial charge in [-0.1, -0.05) is 23.4 Å². The fraction of sp³-hybridized carbons (Fsp3) is 0.348. The summed E-state index contributed by atoms with van der Waals surface area (Å²) in [4.78, 5) is 20.8. The Morgan fingerprint density at radius 1 is 1.09 bits per heavy atom. The van der Waals surface area contributed by atoms with Crippen molar-refractivity contribution in [2.75, 3.05) is 33.3 Å². The van der Waals surface area contributed by atoms with Crippen LogP contribution in [-0.4, -0.2) is 59.1 Å². The van der Waals surface area contributed by atoms with E-state index in [1.807, 2.05) is 29.2 Å². The summed E-state index contributed by atoms with van der Waals surface area (Å²) in [7, 11) is 1.60. The van der Waals surface area contributed by atoms with Crippen molar-refractivity contribution in [2.24, 2.45) is 0 Å². The number of piperazine rings is 1. The lowest BCUT2D eigenvalue weighted by molar-refractivity contribution is -0.137. The van der Waals surface area contributed by atoms with Gasteiger partial charge in [0.05, 0.1) is 25.6 Å². The number of alkyl halides is 3. The molecule has 10 heteroatoms. The Morgan fingerprint density at radius 3 is 2.48 bits per heavy atom. The van der Waals surface area contributed by atoms with Crippen molar-refractivity contribution in [3.05, 3.63) is 65.5 Å². The van der Waals surface area contributed by atoms with Crippen LogP contribution in [0.15, 0.2) is 53.1 Å². The summed E-state index contributed by atoms with van der Waals surface area (Å²) in [5.74, 6) is 1.24. The molecular formula is C23H23F3N4O3. The molecule has 0 spiro atoms. The number of hydrogen-bond donors (Lipinski definition) is 0. The normalized spacial score (nSPS) is 15.0. The van der Waals surface area contributed by atoms with E-state index in [0.717, 1.165) is 23.4 Å². The molecule has 7 nitrogen and oxygen atoms in total. The van der Waals surface area contributed by atoms with Crippen LogP contribution in [0, 0.1) is 0 Å². The highest BCUT2D eigenvalue weighted by Crippen LogP contribution is 2.31. The number of hydrogen-bond acceptors (Lipinski definition) is 6. The first kappa shape index (κ1) is 22.8. The van der Waals surface area contributed by atoms with E-state index in [1.54, 1.807) is 7.11 Å². The summed E-state index contributed by atoms with van der Waals surface area (Å²) in [6, 6.07) is 12.2. The molecule has 1 aliphatic rings. The van der Waals surface area contributed by atoms with Crippen molar-refractivity contribution >= 4 is 5.91 Å². The molecule has 1 aromatic heterocycles. The van der Waals surface area contributed by atoms with Gasteiger partial charge >= 0.3 is 6.18 Å². The number of amides is 1. The maximum atomic E-state index is 12.9. The van der Waals surface area contributed by atoms with Gasteiger partial charge in [0.1, 0.15) is 5.75 Å². The first-order valence-electron chi connectivity index (χ1n) is 10.4. The topological polar surface area (TPSA) is 71.7 Å². The highest BCUT2D eigenvalue weighted by atomic mass is 19.4. The lowest BCUT2D eigenvalue weighted by Gasteiger charge is -2.34. The highest BCUT2D eigenvalue weighted by molar-refractivity contribution is 5.79. The van der Waals surface area contributed by atoms with E-state index < -0.39 is 11.7 Å². The van der Waals surface area contributed by atoms with E-state index in [9.17, 15) is 18.0 Å². The van der Waals surface area contributed by atoms with Crippen LogP contribution in [0.25, 0.3) is 11.5 Å². The summed E-state index contributed by atoms with van der Waals surface area (Å²) in [5, 5.41) is 3.90. The summed E-state index contributed by atoms with van der Waals surface area (Å²) in [6.07, 6.45) is -4.11. The largest absolute Gasteiger partial charge is 0.497 e. The minimum absolute atomic E-state index is 0.0457. The molecule has 2 aromatic carbocycles. The van der Waals surface area contributed by atoms with Crippen LogP contribution in [0.5, 0.6) is 5.75 Å². The fourth-order valence-electron chi connectivity index (χ4n) is 3.65. The molecule has 2 heterocycles. The van der Waals surface area contributed by atoms with Gasteiger partial charge in [-0.2, -0.15) is 18.2 Å². The number of aromatic nitrogens is 2. The van der Waals surface area contributed by atoms with Crippen LogP contribution in [-0.2, 0) is 23.9 Å². The van der Waals surface area contributed by atoms with Crippen molar-refractivity contribution in [1.29, 1.82) is 0 Å². The van der Waals surface area contributed by atoms with Gasteiger partial charge in [0, 0.05) is 31.7 Å². The lowest BCUT2D eigenvalue weighted by atomic mass is 10.1. The average molecular weight is 460 g/mol. The standard InChI is InChI=1S/C23H23F3N4O3/c1-32-19-7-5-16(6-8-19)13-21(31)30-11-9-29(10-12-30)15-20-27-22(33-28-20)17-3-2-4-18(14-17)23(24,25)26/h2-8,14H,9-13,15H2,1H3. The number of rotatable bonds is 6. The second-order valence-corrected chi connectivity index (χ2v) is 7.78. The van der Waals surface area contributed by atoms with E-state index in [1.165, 1.54) is 12.1 Å². The van der Waals surface area contributed by atoms with Crippen LogP contribution in [0.4, 0.5) is 13.2 Å². The first-order chi connectivity index (χ1) is 15.8. The van der Waals surface area contributed by atoms with Crippen molar-refractivity contribution < 1.29 is 27.2 Å². The van der Waals surface area contributed by atoms with Gasteiger partial charge in [-0.3, -0.25) is 9.69 Å². The Kier molecular flexibility index (Phi) is 6.64. The van der Waals surface area contributed by atoms with E-state index >= 15 is 0 Å².